The van der Waals surface area contributed by atoms with Crippen molar-refractivity contribution < 1.29 is 14.6 Å². The zero-order chi connectivity index (χ0) is 13.3. The fourth-order valence-electron chi connectivity index (χ4n) is 1.84. The van der Waals surface area contributed by atoms with E-state index in [1.165, 1.54) is 0 Å². The molecule has 6 heteroatoms. The molecule has 3 N–H and O–H groups in total. The maximum Gasteiger partial charge on any atom is 0.356 e. The SMILES string of the molecule is COc1ccc2c(C(=O)O)nc(CC(C)N)n2c1. The quantitative estimate of drug-likeness (QED) is 0.841. The Balaban J connectivity index is 2.64. The molecule has 0 saturated carbocycles. The highest BCUT2D eigenvalue weighted by molar-refractivity contribution is 5.93. The van der Waals surface area contributed by atoms with Gasteiger partial charge in [-0.05, 0) is 19.1 Å². The van der Waals surface area contributed by atoms with Crippen LogP contribution in [-0.4, -0.2) is 33.6 Å². The number of aromatic carboxylic acids is 1. The number of rotatable bonds is 4. The first-order valence-electron chi connectivity index (χ1n) is 5.56. The van der Waals surface area contributed by atoms with Gasteiger partial charge in [-0.25, -0.2) is 9.78 Å². The van der Waals surface area contributed by atoms with Crippen molar-refractivity contribution in [2.24, 2.45) is 5.73 Å². The smallest absolute Gasteiger partial charge is 0.356 e. The summed E-state index contributed by atoms with van der Waals surface area (Å²) in [5.41, 5.74) is 6.32. The fourth-order valence-corrected chi connectivity index (χ4v) is 1.84. The third kappa shape index (κ3) is 2.14. The summed E-state index contributed by atoms with van der Waals surface area (Å²) in [5.74, 6) is 0.215. The standard InChI is InChI=1S/C12H15N3O3/c1-7(13)5-10-14-11(12(16)17)9-4-3-8(18-2)6-15(9)10/h3-4,6-7H,5,13H2,1-2H3,(H,16,17). The molecule has 96 valence electrons. The molecule has 0 aromatic carbocycles. The molecule has 0 aliphatic heterocycles. The maximum absolute atomic E-state index is 11.1. The van der Waals surface area contributed by atoms with Crippen LogP contribution in [0.25, 0.3) is 5.52 Å². The molecule has 1 unspecified atom stereocenters. The van der Waals surface area contributed by atoms with E-state index in [-0.39, 0.29) is 11.7 Å². The predicted molar refractivity (Wildman–Crippen MR) is 66.1 cm³/mol. The molecule has 0 aliphatic carbocycles. The summed E-state index contributed by atoms with van der Waals surface area (Å²) in [6.45, 7) is 1.85. The predicted octanol–water partition coefficient (Wildman–Crippen LogP) is 0.931. The van der Waals surface area contributed by atoms with Crippen molar-refractivity contribution in [1.82, 2.24) is 9.38 Å². The zero-order valence-electron chi connectivity index (χ0n) is 10.3. The molecule has 2 rings (SSSR count). The van der Waals surface area contributed by atoms with Gasteiger partial charge in [0.25, 0.3) is 0 Å². The van der Waals surface area contributed by atoms with Crippen molar-refractivity contribution in [3.05, 3.63) is 29.8 Å². The summed E-state index contributed by atoms with van der Waals surface area (Å²) in [5, 5.41) is 9.12. The summed E-state index contributed by atoms with van der Waals surface area (Å²) >= 11 is 0. The Hall–Kier alpha value is -2.08. The van der Waals surface area contributed by atoms with Gasteiger partial charge in [-0.15, -0.1) is 0 Å². The van der Waals surface area contributed by atoms with E-state index in [2.05, 4.69) is 4.98 Å². The van der Waals surface area contributed by atoms with Gasteiger partial charge >= 0.3 is 5.97 Å². The lowest BCUT2D eigenvalue weighted by atomic mass is 10.2. The summed E-state index contributed by atoms with van der Waals surface area (Å²) in [6.07, 6.45) is 2.22. The number of carbonyl (C=O) groups is 1. The van der Waals surface area contributed by atoms with E-state index in [0.717, 1.165) is 0 Å². The number of carboxylic acids is 1. The van der Waals surface area contributed by atoms with Gasteiger partial charge in [0.2, 0.25) is 0 Å². The molecule has 0 amide bonds. The molecule has 0 bridgehead atoms. The van der Waals surface area contributed by atoms with Gasteiger partial charge in [0.05, 0.1) is 18.8 Å². The van der Waals surface area contributed by atoms with Crippen molar-refractivity contribution in [2.45, 2.75) is 19.4 Å². The second kappa shape index (κ2) is 4.66. The Morgan fingerprint density at radius 1 is 1.61 bits per heavy atom. The van der Waals surface area contributed by atoms with E-state index >= 15 is 0 Å². The van der Waals surface area contributed by atoms with Crippen molar-refractivity contribution in [2.75, 3.05) is 7.11 Å². The number of methoxy groups -OCH3 is 1. The van der Waals surface area contributed by atoms with Crippen LogP contribution in [0.1, 0.15) is 23.2 Å². The topological polar surface area (TPSA) is 89.8 Å². The van der Waals surface area contributed by atoms with E-state index in [1.807, 2.05) is 6.92 Å². The van der Waals surface area contributed by atoms with E-state index in [1.54, 1.807) is 29.8 Å². The third-order valence-electron chi connectivity index (χ3n) is 2.63. The van der Waals surface area contributed by atoms with Gasteiger partial charge in [0.15, 0.2) is 5.69 Å². The normalized spacial score (nSPS) is 12.6. The number of pyridine rings is 1. The van der Waals surface area contributed by atoms with E-state index in [4.69, 9.17) is 15.6 Å². The van der Waals surface area contributed by atoms with Gasteiger partial charge in [0.1, 0.15) is 11.6 Å². The molecule has 6 nitrogen and oxygen atoms in total. The number of hydrogen-bond donors (Lipinski definition) is 2. The molecule has 1 atom stereocenters. The van der Waals surface area contributed by atoms with Crippen molar-refractivity contribution in [3.63, 3.8) is 0 Å². The third-order valence-corrected chi connectivity index (χ3v) is 2.63. The number of imidazole rings is 1. The van der Waals surface area contributed by atoms with Crippen LogP contribution in [-0.2, 0) is 6.42 Å². The van der Waals surface area contributed by atoms with Gasteiger partial charge in [-0.1, -0.05) is 0 Å². The molecule has 0 aliphatic rings. The van der Waals surface area contributed by atoms with Crippen LogP contribution >= 0.6 is 0 Å². The highest BCUT2D eigenvalue weighted by Crippen LogP contribution is 2.19. The van der Waals surface area contributed by atoms with E-state index in [0.29, 0.717) is 23.5 Å². The molecule has 0 spiro atoms. The zero-order valence-corrected chi connectivity index (χ0v) is 10.3. The Morgan fingerprint density at radius 2 is 2.33 bits per heavy atom. The van der Waals surface area contributed by atoms with Gasteiger partial charge in [0, 0.05) is 12.5 Å². The van der Waals surface area contributed by atoms with E-state index in [9.17, 15) is 4.79 Å². The number of fused-ring (bicyclic) bond motifs is 1. The minimum atomic E-state index is -1.05. The number of hydrogen-bond acceptors (Lipinski definition) is 4. The first-order valence-corrected chi connectivity index (χ1v) is 5.56. The minimum absolute atomic E-state index is 0.0355. The molecule has 2 aromatic rings. The van der Waals surface area contributed by atoms with Gasteiger partial charge < -0.3 is 15.6 Å². The van der Waals surface area contributed by atoms with Gasteiger partial charge in [-0.2, -0.15) is 0 Å². The van der Waals surface area contributed by atoms with E-state index < -0.39 is 5.97 Å². The van der Waals surface area contributed by atoms with Crippen LogP contribution in [0.2, 0.25) is 0 Å². The van der Waals surface area contributed by atoms with Crippen LogP contribution in [0.5, 0.6) is 5.75 Å². The summed E-state index contributed by atoms with van der Waals surface area (Å²) in [7, 11) is 1.56. The minimum Gasteiger partial charge on any atom is -0.495 e. The van der Waals surface area contributed by atoms with Gasteiger partial charge in [-0.3, -0.25) is 4.40 Å². The van der Waals surface area contributed by atoms with Crippen molar-refractivity contribution in [1.29, 1.82) is 0 Å². The molecule has 0 fully saturated rings. The Labute approximate surface area is 104 Å². The molecule has 18 heavy (non-hydrogen) atoms. The lowest BCUT2D eigenvalue weighted by molar-refractivity contribution is 0.0693. The highest BCUT2D eigenvalue weighted by atomic mass is 16.5. The Kier molecular flexibility index (Phi) is 3.20. The number of ether oxygens (including phenoxy) is 1. The lowest BCUT2D eigenvalue weighted by Crippen LogP contribution is -2.19. The molecule has 2 heterocycles. The van der Waals surface area contributed by atoms with Crippen molar-refractivity contribution >= 4 is 11.5 Å². The second-order valence-corrected chi connectivity index (χ2v) is 4.19. The number of nitrogens with zero attached hydrogens (tertiary/aromatic N) is 2. The summed E-state index contributed by atoms with van der Waals surface area (Å²) < 4.78 is 6.84. The first-order chi connectivity index (χ1) is 8.52. The molecule has 0 saturated heterocycles. The Morgan fingerprint density at radius 3 is 2.89 bits per heavy atom. The van der Waals surface area contributed by atoms with Crippen LogP contribution in [0.15, 0.2) is 18.3 Å². The second-order valence-electron chi connectivity index (χ2n) is 4.19. The number of aromatic nitrogens is 2. The largest absolute Gasteiger partial charge is 0.495 e. The first kappa shape index (κ1) is 12.4. The molecule has 2 aromatic heterocycles. The average molecular weight is 249 g/mol. The summed E-state index contributed by atoms with van der Waals surface area (Å²) in [6, 6.07) is 3.29. The van der Waals surface area contributed by atoms with Crippen LogP contribution in [0, 0.1) is 0 Å². The average Bonchev–Trinajstić information content (AvgIpc) is 2.67. The monoisotopic (exact) mass is 249 g/mol. The molecular formula is C12H15N3O3. The fraction of sp³-hybridized carbons (Fsp3) is 0.333. The lowest BCUT2D eigenvalue weighted by Gasteiger charge is -2.05. The highest BCUT2D eigenvalue weighted by Gasteiger charge is 2.17. The number of nitrogens with two attached hydrogens (primary N) is 1. The molecule has 0 radical (unpaired) electrons. The summed E-state index contributed by atoms with van der Waals surface area (Å²) in [4.78, 5) is 15.3. The molecular weight excluding hydrogens is 234 g/mol. The van der Waals surface area contributed by atoms with Crippen LogP contribution in [0.4, 0.5) is 0 Å². The Bertz CT molecular complexity index is 590. The number of carboxylic acid groups (broad SMARTS) is 1. The van der Waals surface area contributed by atoms with Crippen LogP contribution in [0.3, 0.4) is 0 Å². The van der Waals surface area contributed by atoms with Crippen LogP contribution < -0.4 is 10.5 Å². The maximum atomic E-state index is 11.1. The van der Waals surface area contributed by atoms with Crippen molar-refractivity contribution in [3.8, 4) is 5.75 Å².